The summed E-state index contributed by atoms with van der Waals surface area (Å²) in [7, 11) is 3.40. The van der Waals surface area contributed by atoms with Crippen molar-refractivity contribution in [2.45, 2.75) is 0 Å². The van der Waals surface area contributed by atoms with Crippen molar-refractivity contribution < 1.29 is 28.6 Å². The molecule has 0 bridgehead atoms. The SMILES string of the molecule is COC(=O)c1[nH]c(-c2cccc(C#N)c2)c(C(=O)OC)c1C(=O)OC. The fourth-order valence-corrected chi connectivity index (χ4v) is 2.33. The standard InChI is InChI=1S/C17H14N2O6/c1-23-15(20)11-12(16(21)24-2)14(17(22)25-3)19-13(11)10-6-4-5-9(7-10)8-18/h4-7,19H,1-3H3. The molecule has 0 saturated carbocycles. The van der Waals surface area contributed by atoms with Gasteiger partial charge in [0.2, 0.25) is 0 Å². The number of esters is 3. The number of rotatable bonds is 4. The van der Waals surface area contributed by atoms with Gasteiger partial charge < -0.3 is 19.2 Å². The van der Waals surface area contributed by atoms with Crippen molar-refractivity contribution in [2.75, 3.05) is 21.3 Å². The van der Waals surface area contributed by atoms with Crippen molar-refractivity contribution in [3.8, 4) is 17.3 Å². The average Bonchev–Trinajstić information content (AvgIpc) is 3.06. The highest BCUT2D eigenvalue weighted by atomic mass is 16.5. The molecule has 0 aliphatic rings. The van der Waals surface area contributed by atoms with Gasteiger partial charge in [-0.2, -0.15) is 5.26 Å². The maximum atomic E-state index is 12.3. The minimum Gasteiger partial charge on any atom is -0.465 e. The van der Waals surface area contributed by atoms with Crippen LogP contribution in [0.3, 0.4) is 0 Å². The number of aromatic nitrogens is 1. The van der Waals surface area contributed by atoms with Gasteiger partial charge in [0, 0.05) is 5.56 Å². The molecule has 1 aromatic carbocycles. The van der Waals surface area contributed by atoms with E-state index in [-0.39, 0.29) is 22.5 Å². The number of carbonyl (C=O) groups is 3. The van der Waals surface area contributed by atoms with Crippen molar-refractivity contribution in [1.82, 2.24) is 4.98 Å². The quantitative estimate of drug-likeness (QED) is 0.666. The number of hydrogen-bond donors (Lipinski definition) is 1. The van der Waals surface area contributed by atoms with E-state index in [1.165, 1.54) is 6.07 Å². The zero-order chi connectivity index (χ0) is 18.6. The number of hydrogen-bond acceptors (Lipinski definition) is 7. The van der Waals surface area contributed by atoms with Gasteiger partial charge in [-0.1, -0.05) is 12.1 Å². The largest absolute Gasteiger partial charge is 0.465 e. The molecule has 0 saturated heterocycles. The second kappa shape index (κ2) is 7.31. The molecule has 1 heterocycles. The molecular weight excluding hydrogens is 328 g/mol. The Bertz CT molecular complexity index is 891. The lowest BCUT2D eigenvalue weighted by molar-refractivity contribution is 0.0537. The van der Waals surface area contributed by atoms with Crippen LogP contribution in [0.25, 0.3) is 11.3 Å². The number of ether oxygens (including phenoxy) is 3. The van der Waals surface area contributed by atoms with Crippen molar-refractivity contribution in [1.29, 1.82) is 5.26 Å². The molecule has 1 N–H and O–H groups in total. The minimum atomic E-state index is -0.903. The van der Waals surface area contributed by atoms with E-state index in [2.05, 4.69) is 14.5 Å². The lowest BCUT2D eigenvalue weighted by atomic mass is 10.0. The molecule has 0 aliphatic carbocycles. The lowest BCUT2D eigenvalue weighted by Crippen LogP contribution is -2.14. The number of H-pyrrole nitrogens is 1. The van der Waals surface area contributed by atoms with Gasteiger partial charge in [0.1, 0.15) is 16.8 Å². The van der Waals surface area contributed by atoms with Gasteiger partial charge in [0.05, 0.1) is 38.7 Å². The van der Waals surface area contributed by atoms with Crippen molar-refractivity contribution in [2.24, 2.45) is 0 Å². The second-order valence-electron chi connectivity index (χ2n) is 4.79. The number of methoxy groups -OCH3 is 3. The predicted molar refractivity (Wildman–Crippen MR) is 85.0 cm³/mol. The van der Waals surface area contributed by atoms with E-state index in [1.807, 2.05) is 6.07 Å². The molecule has 128 valence electrons. The van der Waals surface area contributed by atoms with Crippen LogP contribution in [-0.2, 0) is 14.2 Å². The van der Waals surface area contributed by atoms with E-state index in [0.717, 1.165) is 21.3 Å². The third kappa shape index (κ3) is 3.21. The third-order valence-corrected chi connectivity index (χ3v) is 3.45. The first kappa shape index (κ1) is 17.7. The smallest absolute Gasteiger partial charge is 0.355 e. The normalized spacial score (nSPS) is 9.84. The second-order valence-corrected chi connectivity index (χ2v) is 4.79. The summed E-state index contributed by atoms with van der Waals surface area (Å²) in [6, 6.07) is 8.27. The van der Waals surface area contributed by atoms with Crippen LogP contribution in [0.4, 0.5) is 0 Å². The van der Waals surface area contributed by atoms with Gasteiger partial charge in [0.25, 0.3) is 0 Å². The number of carbonyl (C=O) groups excluding carboxylic acids is 3. The zero-order valence-corrected chi connectivity index (χ0v) is 13.7. The average molecular weight is 342 g/mol. The summed E-state index contributed by atoms with van der Waals surface area (Å²) < 4.78 is 14.1. The number of nitrogens with one attached hydrogen (secondary N) is 1. The van der Waals surface area contributed by atoms with Crippen LogP contribution >= 0.6 is 0 Å². The molecule has 0 amide bonds. The third-order valence-electron chi connectivity index (χ3n) is 3.45. The number of benzene rings is 1. The van der Waals surface area contributed by atoms with Crippen LogP contribution in [0, 0.1) is 11.3 Å². The first-order chi connectivity index (χ1) is 12.0. The monoisotopic (exact) mass is 342 g/mol. The summed E-state index contributed by atoms with van der Waals surface area (Å²) in [6.45, 7) is 0. The van der Waals surface area contributed by atoms with Gasteiger partial charge >= 0.3 is 17.9 Å². The molecule has 0 radical (unpaired) electrons. The Kier molecular flexibility index (Phi) is 5.19. The van der Waals surface area contributed by atoms with Crippen molar-refractivity contribution in [3.63, 3.8) is 0 Å². The molecule has 2 rings (SSSR count). The van der Waals surface area contributed by atoms with Crippen LogP contribution in [0.1, 0.15) is 36.8 Å². The van der Waals surface area contributed by atoms with Crippen LogP contribution in [0.2, 0.25) is 0 Å². The summed E-state index contributed by atoms with van der Waals surface area (Å²) in [4.78, 5) is 39.1. The van der Waals surface area contributed by atoms with Gasteiger partial charge in [-0.05, 0) is 12.1 Å². The molecular formula is C17H14N2O6. The summed E-state index contributed by atoms with van der Waals surface area (Å²) in [6.07, 6.45) is 0. The van der Waals surface area contributed by atoms with Crippen LogP contribution in [0.5, 0.6) is 0 Å². The van der Waals surface area contributed by atoms with E-state index in [4.69, 9.17) is 10.00 Å². The lowest BCUT2D eigenvalue weighted by Gasteiger charge is -2.05. The highest BCUT2D eigenvalue weighted by Gasteiger charge is 2.33. The summed E-state index contributed by atoms with van der Waals surface area (Å²) in [5.41, 5.74) is 0.183. The highest BCUT2D eigenvalue weighted by Crippen LogP contribution is 2.30. The summed E-state index contributed by atoms with van der Waals surface area (Å²) in [5, 5.41) is 9.05. The van der Waals surface area contributed by atoms with Crippen molar-refractivity contribution >= 4 is 17.9 Å². The Balaban J connectivity index is 2.85. The number of aromatic amines is 1. The highest BCUT2D eigenvalue weighted by molar-refractivity contribution is 6.13. The Morgan fingerprint density at radius 2 is 1.56 bits per heavy atom. The molecule has 8 nitrogen and oxygen atoms in total. The number of nitriles is 1. The van der Waals surface area contributed by atoms with E-state index in [1.54, 1.807) is 18.2 Å². The maximum Gasteiger partial charge on any atom is 0.355 e. The van der Waals surface area contributed by atoms with Crippen LogP contribution in [-0.4, -0.2) is 44.2 Å². The fraction of sp³-hybridized carbons (Fsp3) is 0.176. The van der Waals surface area contributed by atoms with Gasteiger partial charge in [0.15, 0.2) is 0 Å². The molecule has 0 fully saturated rings. The number of nitrogens with zero attached hydrogens (tertiary/aromatic N) is 1. The molecule has 8 heteroatoms. The molecule has 1 aromatic heterocycles. The van der Waals surface area contributed by atoms with E-state index in [9.17, 15) is 14.4 Å². The van der Waals surface area contributed by atoms with Crippen LogP contribution in [0.15, 0.2) is 24.3 Å². The Morgan fingerprint density at radius 1 is 0.960 bits per heavy atom. The van der Waals surface area contributed by atoms with Crippen molar-refractivity contribution in [3.05, 3.63) is 46.6 Å². The topological polar surface area (TPSA) is 118 Å². The molecule has 2 aromatic rings. The molecule has 0 aliphatic heterocycles. The maximum absolute atomic E-state index is 12.3. The zero-order valence-electron chi connectivity index (χ0n) is 13.7. The van der Waals surface area contributed by atoms with Gasteiger partial charge in [-0.25, -0.2) is 14.4 Å². The first-order valence-corrected chi connectivity index (χ1v) is 6.99. The molecule has 25 heavy (non-hydrogen) atoms. The molecule has 0 spiro atoms. The minimum absolute atomic E-state index is 0.143. The first-order valence-electron chi connectivity index (χ1n) is 6.99. The molecule has 0 unspecified atom stereocenters. The fourth-order valence-electron chi connectivity index (χ4n) is 2.33. The van der Waals surface area contributed by atoms with E-state index < -0.39 is 17.9 Å². The predicted octanol–water partition coefficient (Wildman–Crippen LogP) is 1.91. The van der Waals surface area contributed by atoms with E-state index in [0.29, 0.717) is 11.1 Å². The van der Waals surface area contributed by atoms with Crippen LogP contribution < -0.4 is 0 Å². The van der Waals surface area contributed by atoms with Gasteiger partial charge in [-0.3, -0.25) is 0 Å². The Labute approximate surface area is 142 Å². The van der Waals surface area contributed by atoms with Gasteiger partial charge in [-0.15, -0.1) is 0 Å². The van der Waals surface area contributed by atoms with E-state index >= 15 is 0 Å². The Morgan fingerprint density at radius 3 is 2.12 bits per heavy atom. The Hall–Kier alpha value is -3.60. The summed E-state index contributed by atoms with van der Waals surface area (Å²) in [5.74, 6) is -2.60. The summed E-state index contributed by atoms with van der Waals surface area (Å²) >= 11 is 0. The molecule has 0 atom stereocenters.